The molecule has 0 amide bonds. The van der Waals surface area contributed by atoms with Gasteiger partial charge < -0.3 is 14.2 Å². The second kappa shape index (κ2) is 13.7. The van der Waals surface area contributed by atoms with Crippen molar-refractivity contribution >= 4 is 11.6 Å². The van der Waals surface area contributed by atoms with Crippen LogP contribution in [0.4, 0.5) is 0 Å². The summed E-state index contributed by atoms with van der Waals surface area (Å²) in [6.45, 7) is 16.5. The molecule has 2 atom stereocenters. The van der Waals surface area contributed by atoms with Crippen LogP contribution >= 0.6 is 0 Å². The van der Waals surface area contributed by atoms with E-state index < -0.39 is 0 Å². The fourth-order valence-electron chi connectivity index (χ4n) is 2.86. The molecular formula is C20H34N2O5. The monoisotopic (exact) mass is 382 g/mol. The van der Waals surface area contributed by atoms with Crippen LogP contribution in [-0.4, -0.2) is 99.3 Å². The number of rotatable bonds is 6. The number of hydrogen-bond acceptors (Lipinski definition) is 7. The van der Waals surface area contributed by atoms with Crippen molar-refractivity contribution in [2.45, 2.75) is 25.9 Å². The van der Waals surface area contributed by atoms with Gasteiger partial charge in [0.05, 0.1) is 51.7 Å². The molecule has 0 aromatic rings. The Morgan fingerprint density at radius 3 is 1.37 bits per heavy atom. The molecule has 1 aliphatic heterocycles. The average molecular weight is 383 g/mol. The Morgan fingerprint density at radius 2 is 1.04 bits per heavy atom. The fraction of sp³-hybridized carbons (Fsp3) is 0.700. The number of nitrogens with zero attached hydrogens (tertiary/aromatic N) is 2. The average Bonchev–Trinajstić information content (AvgIpc) is 2.70. The number of carbonyl (C=O) groups excluding carboxylic acids is 2. The molecule has 2 unspecified atom stereocenters. The second-order valence-corrected chi connectivity index (χ2v) is 6.47. The van der Waals surface area contributed by atoms with E-state index in [1.54, 1.807) is 0 Å². The molecule has 1 fully saturated rings. The highest BCUT2D eigenvalue weighted by atomic mass is 16.5. The maximum atomic E-state index is 12.1. The molecule has 0 aromatic heterocycles. The van der Waals surface area contributed by atoms with E-state index in [0.29, 0.717) is 65.8 Å². The quantitative estimate of drug-likeness (QED) is 0.633. The Kier molecular flexibility index (Phi) is 12.0. The Labute approximate surface area is 162 Å². The second-order valence-electron chi connectivity index (χ2n) is 6.47. The largest absolute Gasteiger partial charge is 0.378 e. The van der Waals surface area contributed by atoms with Crippen LogP contribution < -0.4 is 0 Å². The Bertz CT molecular complexity index is 441. The lowest BCUT2D eigenvalue weighted by atomic mass is 10.1. The van der Waals surface area contributed by atoms with Gasteiger partial charge in [-0.15, -0.1) is 0 Å². The van der Waals surface area contributed by atoms with Crippen molar-refractivity contribution in [1.82, 2.24) is 9.80 Å². The Hall–Kier alpha value is -1.38. The van der Waals surface area contributed by atoms with E-state index in [1.165, 1.54) is 12.2 Å². The van der Waals surface area contributed by atoms with Gasteiger partial charge in [0.1, 0.15) is 0 Å². The van der Waals surface area contributed by atoms with Gasteiger partial charge in [-0.1, -0.05) is 13.2 Å². The summed E-state index contributed by atoms with van der Waals surface area (Å²) in [4.78, 5) is 28.3. The summed E-state index contributed by atoms with van der Waals surface area (Å²) in [5, 5.41) is 0. The lowest BCUT2D eigenvalue weighted by Crippen LogP contribution is -2.48. The molecule has 0 bridgehead atoms. The minimum atomic E-state index is -0.290. The molecule has 0 saturated carbocycles. The third-order valence-corrected chi connectivity index (χ3v) is 4.79. The Balaban J connectivity index is 2.82. The van der Waals surface area contributed by atoms with Crippen LogP contribution in [0.2, 0.25) is 0 Å². The van der Waals surface area contributed by atoms with Crippen LogP contribution in [0.25, 0.3) is 0 Å². The van der Waals surface area contributed by atoms with Gasteiger partial charge in [-0.25, -0.2) is 0 Å². The third kappa shape index (κ3) is 8.90. The van der Waals surface area contributed by atoms with Crippen molar-refractivity contribution in [1.29, 1.82) is 0 Å². The van der Waals surface area contributed by atoms with Gasteiger partial charge in [0.15, 0.2) is 11.6 Å². The van der Waals surface area contributed by atoms with E-state index in [0.717, 1.165) is 0 Å². The van der Waals surface area contributed by atoms with Gasteiger partial charge in [-0.2, -0.15) is 0 Å². The molecular weight excluding hydrogens is 348 g/mol. The normalized spacial score (nSPS) is 22.0. The van der Waals surface area contributed by atoms with Gasteiger partial charge in [0, 0.05) is 26.2 Å². The smallest absolute Gasteiger partial charge is 0.171 e. The van der Waals surface area contributed by atoms with Crippen LogP contribution in [-0.2, 0) is 23.8 Å². The van der Waals surface area contributed by atoms with Crippen molar-refractivity contribution in [3.8, 4) is 0 Å². The van der Waals surface area contributed by atoms with Gasteiger partial charge >= 0.3 is 0 Å². The van der Waals surface area contributed by atoms with Gasteiger partial charge in [-0.05, 0) is 26.0 Å². The molecule has 1 rings (SSSR count). The standard InChI is InChI=1S/C20H34N2O5/c1-5-19(23)17(3)21-7-8-22(18(4)20(24)6-2)10-12-26-14-16-27-15-13-25-11-9-21/h5-6,17-18H,1-2,7-16H2,3-4H3. The van der Waals surface area contributed by atoms with Crippen LogP contribution in [0.5, 0.6) is 0 Å². The molecule has 27 heavy (non-hydrogen) atoms. The summed E-state index contributed by atoms with van der Waals surface area (Å²) in [7, 11) is 0. The highest BCUT2D eigenvalue weighted by Crippen LogP contribution is 2.06. The van der Waals surface area contributed by atoms with Crippen molar-refractivity contribution in [2.75, 3.05) is 65.8 Å². The first-order chi connectivity index (χ1) is 13.0. The highest BCUT2D eigenvalue weighted by Gasteiger charge is 2.23. The molecule has 0 spiro atoms. The topological polar surface area (TPSA) is 68.3 Å². The van der Waals surface area contributed by atoms with Gasteiger partial charge in [0.25, 0.3) is 0 Å². The summed E-state index contributed by atoms with van der Waals surface area (Å²) in [5.41, 5.74) is 0. The summed E-state index contributed by atoms with van der Waals surface area (Å²) < 4.78 is 16.7. The summed E-state index contributed by atoms with van der Waals surface area (Å²) in [6, 6.07) is -0.580. The third-order valence-electron chi connectivity index (χ3n) is 4.79. The summed E-state index contributed by atoms with van der Waals surface area (Å²) in [5.74, 6) is -0.0531. The van der Waals surface area contributed by atoms with Crippen LogP contribution in [0, 0.1) is 0 Å². The number of hydrogen-bond donors (Lipinski definition) is 0. The predicted octanol–water partition coefficient (Wildman–Crippen LogP) is 0.941. The van der Waals surface area contributed by atoms with Gasteiger partial charge in [0.2, 0.25) is 0 Å². The molecule has 1 aliphatic rings. The maximum absolute atomic E-state index is 12.1. The predicted molar refractivity (Wildman–Crippen MR) is 105 cm³/mol. The van der Waals surface area contributed by atoms with E-state index in [4.69, 9.17) is 14.2 Å². The lowest BCUT2D eigenvalue weighted by molar-refractivity contribution is -0.121. The lowest BCUT2D eigenvalue weighted by Gasteiger charge is -2.32. The summed E-state index contributed by atoms with van der Waals surface area (Å²) in [6.07, 6.45) is 2.70. The van der Waals surface area contributed by atoms with Crippen molar-refractivity contribution in [3.05, 3.63) is 25.3 Å². The maximum Gasteiger partial charge on any atom is 0.171 e. The molecule has 154 valence electrons. The van der Waals surface area contributed by atoms with Crippen LogP contribution in [0.1, 0.15) is 13.8 Å². The molecule has 7 nitrogen and oxygen atoms in total. The first-order valence-corrected chi connectivity index (χ1v) is 9.55. The van der Waals surface area contributed by atoms with E-state index in [9.17, 15) is 9.59 Å². The van der Waals surface area contributed by atoms with Gasteiger partial charge in [-0.3, -0.25) is 19.4 Å². The number of ether oxygens (including phenoxy) is 3. The fourth-order valence-corrected chi connectivity index (χ4v) is 2.86. The van der Waals surface area contributed by atoms with Crippen molar-refractivity contribution < 1.29 is 23.8 Å². The molecule has 1 saturated heterocycles. The van der Waals surface area contributed by atoms with Crippen molar-refractivity contribution in [3.63, 3.8) is 0 Å². The summed E-state index contributed by atoms with van der Waals surface area (Å²) >= 11 is 0. The molecule has 0 aromatic carbocycles. The van der Waals surface area contributed by atoms with Crippen LogP contribution in [0.15, 0.2) is 25.3 Å². The van der Waals surface area contributed by atoms with E-state index >= 15 is 0 Å². The first-order valence-electron chi connectivity index (χ1n) is 9.55. The Morgan fingerprint density at radius 1 is 0.704 bits per heavy atom. The molecule has 0 N–H and O–H groups in total. The number of ketones is 2. The molecule has 0 radical (unpaired) electrons. The zero-order valence-corrected chi connectivity index (χ0v) is 16.7. The van der Waals surface area contributed by atoms with E-state index in [1.807, 2.05) is 13.8 Å². The first kappa shape index (κ1) is 23.7. The number of carbonyl (C=O) groups is 2. The highest BCUT2D eigenvalue weighted by molar-refractivity contribution is 5.93. The van der Waals surface area contributed by atoms with Crippen LogP contribution in [0.3, 0.4) is 0 Å². The molecule has 1 heterocycles. The molecule has 7 heteroatoms. The molecule has 0 aliphatic carbocycles. The van der Waals surface area contributed by atoms with E-state index in [2.05, 4.69) is 23.0 Å². The zero-order valence-electron chi connectivity index (χ0n) is 16.7. The zero-order chi connectivity index (χ0) is 20.1. The SMILES string of the molecule is C=CC(=O)C(C)N1CCOCCOCCOCCN(C(C)C(=O)C=C)CC1. The minimum absolute atomic E-state index is 0.0265. The van der Waals surface area contributed by atoms with E-state index in [-0.39, 0.29) is 23.7 Å². The van der Waals surface area contributed by atoms with Crippen molar-refractivity contribution in [2.24, 2.45) is 0 Å². The minimum Gasteiger partial charge on any atom is -0.378 e.